The predicted octanol–water partition coefficient (Wildman–Crippen LogP) is 6.92. The van der Waals surface area contributed by atoms with Gasteiger partial charge in [0.05, 0.1) is 22.9 Å². The molecule has 3 rings (SSSR count). The Morgan fingerprint density at radius 2 is 1.95 bits per heavy atom. The highest BCUT2D eigenvalue weighted by Crippen LogP contribution is 2.27. The molecular formula is C33H35FN6O. The smallest absolute Gasteiger partial charge is 0.256 e. The Balaban J connectivity index is 2.03. The highest BCUT2D eigenvalue weighted by atomic mass is 19.1. The summed E-state index contributed by atoms with van der Waals surface area (Å²) in [4.78, 5) is 17.3. The number of amides is 1. The first-order valence-corrected chi connectivity index (χ1v) is 13.3. The lowest BCUT2D eigenvalue weighted by molar-refractivity contribution is 0.102. The van der Waals surface area contributed by atoms with Crippen LogP contribution in [0.4, 0.5) is 16.0 Å². The van der Waals surface area contributed by atoms with Gasteiger partial charge in [-0.2, -0.15) is 10.4 Å². The molecule has 0 radical (unpaired) electrons. The normalized spacial score (nSPS) is 11.5. The van der Waals surface area contributed by atoms with E-state index in [4.69, 9.17) is 10.8 Å². The van der Waals surface area contributed by atoms with Crippen LogP contribution in [0.15, 0.2) is 66.4 Å². The van der Waals surface area contributed by atoms with Crippen molar-refractivity contribution in [3.05, 3.63) is 100 Å². The molecule has 1 amide bonds. The number of nitrogens with zero attached hydrogens (tertiary/aromatic N) is 4. The molecule has 3 N–H and O–H groups in total. The van der Waals surface area contributed by atoms with Gasteiger partial charge < -0.3 is 11.1 Å². The molecule has 3 aromatic rings. The minimum absolute atomic E-state index is 0.189. The Kier molecular flexibility index (Phi) is 10.0. The number of hydrogen-bond acceptors (Lipinski definition) is 5. The van der Waals surface area contributed by atoms with E-state index >= 15 is 0 Å². The minimum Gasteiger partial charge on any atom is -0.381 e. The second-order valence-corrected chi connectivity index (χ2v) is 10.4. The summed E-state index contributed by atoms with van der Waals surface area (Å²) in [6.07, 6.45) is 11.2. The number of nitrogens with one attached hydrogen (secondary N) is 1. The second kappa shape index (κ2) is 13.4. The number of hydrogen-bond donors (Lipinski definition) is 2. The number of allylic oxidation sites excluding steroid dienone is 6. The Hall–Kier alpha value is -4.95. The Bertz CT molecular complexity index is 1640. The zero-order valence-electron chi connectivity index (χ0n) is 24.3. The van der Waals surface area contributed by atoms with Crippen LogP contribution in [-0.2, 0) is 5.41 Å². The summed E-state index contributed by atoms with van der Waals surface area (Å²) >= 11 is 0. The fourth-order valence-corrected chi connectivity index (χ4v) is 3.59. The van der Waals surface area contributed by atoms with Crippen molar-refractivity contribution in [3.8, 4) is 17.9 Å². The highest BCUT2D eigenvalue weighted by Gasteiger charge is 2.26. The molecule has 2 aromatic heterocycles. The SMILES string of the molecule is CCC/C=C/C(=C\C=C(C)C)n1nc(C(C)(C)C#N)cc1NC(=O)c1ccc(C)c(C#Cc2cnc(N)c(F)c2)c1. The Labute approximate surface area is 241 Å². The summed E-state index contributed by atoms with van der Waals surface area (Å²) < 4.78 is 15.4. The third-order valence-electron chi connectivity index (χ3n) is 6.16. The van der Waals surface area contributed by atoms with Crippen molar-refractivity contribution in [3.63, 3.8) is 0 Å². The third kappa shape index (κ3) is 8.03. The predicted molar refractivity (Wildman–Crippen MR) is 162 cm³/mol. The van der Waals surface area contributed by atoms with Crippen LogP contribution in [0.1, 0.15) is 80.2 Å². The summed E-state index contributed by atoms with van der Waals surface area (Å²) in [5, 5.41) is 17.4. The molecule has 0 saturated carbocycles. The first-order chi connectivity index (χ1) is 19.4. The maximum atomic E-state index is 13.8. The van der Waals surface area contributed by atoms with Crippen molar-refractivity contribution in [1.82, 2.24) is 14.8 Å². The largest absolute Gasteiger partial charge is 0.381 e. The molecule has 210 valence electrons. The average molecular weight is 551 g/mol. The fourth-order valence-electron chi connectivity index (χ4n) is 3.59. The van der Waals surface area contributed by atoms with Crippen LogP contribution in [0.3, 0.4) is 0 Å². The van der Waals surface area contributed by atoms with Crippen LogP contribution in [0.25, 0.3) is 5.70 Å². The molecule has 0 saturated heterocycles. The molecule has 41 heavy (non-hydrogen) atoms. The van der Waals surface area contributed by atoms with Gasteiger partial charge in [0.2, 0.25) is 0 Å². The zero-order valence-corrected chi connectivity index (χ0v) is 24.3. The van der Waals surface area contributed by atoms with Gasteiger partial charge in [-0.3, -0.25) is 4.79 Å². The van der Waals surface area contributed by atoms with E-state index in [0.29, 0.717) is 28.2 Å². The van der Waals surface area contributed by atoms with Crippen molar-refractivity contribution in [2.24, 2.45) is 0 Å². The number of pyridine rings is 1. The van der Waals surface area contributed by atoms with Crippen LogP contribution in [-0.4, -0.2) is 20.7 Å². The summed E-state index contributed by atoms with van der Waals surface area (Å²) in [6, 6.07) is 10.4. The lowest BCUT2D eigenvalue weighted by Gasteiger charge is -2.11. The van der Waals surface area contributed by atoms with Crippen molar-refractivity contribution in [1.29, 1.82) is 5.26 Å². The number of aryl methyl sites for hydroxylation is 1. The number of carbonyl (C=O) groups excluding carboxylic acids is 1. The topological polar surface area (TPSA) is 110 Å². The molecule has 2 heterocycles. The first kappa shape index (κ1) is 30.6. The number of nitrogens with two attached hydrogens (primary N) is 1. The van der Waals surface area contributed by atoms with Crippen molar-refractivity contribution >= 4 is 23.2 Å². The van der Waals surface area contributed by atoms with E-state index in [2.05, 4.69) is 41.2 Å². The monoisotopic (exact) mass is 550 g/mol. The van der Waals surface area contributed by atoms with Gasteiger partial charge in [-0.15, -0.1) is 0 Å². The molecule has 0 bridgehead atoms. The van der Waals surface area contributed by atoms with Crippen LogP contribution >= 0.6 is 0 Å². The van der Waals surface area contributed by atoms with E-state index in [-0.39, 0.29) is 11.7 Å². The first-order valence-electron chi connectivity index (χ1n) is 13.3. The number of carbonyl (C=O) groups is 1. The number of nitriles is 1. The maximum Gasteiger partial charge on any atom is 0.256 e. The van der Waals surface area contributed by atoms with Crippen molar-refractivity contribution < 1.29 is 9.18 Å². The highest BCUT2D eigenvalue weighted by molar-refractivity contribution is 6.04. The molecule has 0 unspecified atom stereocenters. The van der Waals surface area contributed by atoms with E-state index in [1.54, 1.807) is 42.8 Å². The van der Waals surface area contributed by atoms with Crippen molar-refractivity contribution in [2.45, 2.75) is 59.8 Å². The van der Waals surface area contributed by atoms with E-state index in [9.17, 15) is 14.4 Å². The fraction of sp³-hybridized carbons (Fsp3) is 0.273. The molecular weight excluding hydrogens is 515 g/mol. The van der Waals surface area contributed by atoms with Gasteiger partial charge in [0.15, 0.2) is 11.6 Å². The summed E-state index contributed by atoms with van der Waals surface area (Å²) in [7, 11) is 0. The van der Waals surface area contributed by atoms with Crippen LogP contribution in [0, 0.1) is 35.9 Å². The standard InChI is InChI=1S/C33H35FN6O/c1-7-8-9-10-27(16-11-22(2)3)40-30(19-29(39-40)33(5,6)21-35)38-32(41)26-14-12-23(4)25(18-26)15-13-24-17-28(34)31(36)37-20-24/h9-12,14,16-20H,7-8H2,1-6H3,(H2,36,37)(H,38,41)/b10-9+,27-16+. The minimum atomic E-state index is -0.872. The van der Waals surface area contributed by atoms with Gasteiger partial charge in [-0.05, 0) is 77.0 Å². The number of halogens is 1. The van der Waals surface area contributed by atoms with E-state index in [1.807, 2.05) is 39.0 Å². The van der Waals surface area contributed by atoms with E-state index < -0.39 is 11.2 Å². The van der Waals surface area contributed by atoms with Crippen LogP contribution in [0.2, 0.25) is 0 Å². The molecule has 0 aliphatic rings. The quantitative estimate of drug-likeness (QED) is 0.234. The van der Waals surface area contributed by atoms with Gasteiger partial charge in [0.1, 0.15) is 5.82 Å². The van der Waals surface area contributed by atoms with Gasteiger partial charge >= 0.3 is 0 Å². The molecule has 1 aromatic carbocycles. The van der Waals surface area contributed by atoms with Gasteiger partial charge in [-0.25, -0.2) is 14.1 Å². The number of aromatic nitrogens is 3. The number of anilines is 2. The Morgan fingerprint density at radius 1 is 1.20 bits per heavy atom. The van der Waals surface area contributed by atoms with Gasteiger partial charge in [-0.1, -0.05) is 49.0 Å². The summed E-state index contributed by atoms with van der Waals surface area (Å²) in [5.74, 6) is 5.11. The summed E-state index contributed by atoms with van der Waals surface area (Å²) in [5.41, 5.74) is 9.17. The number of unbranched alkanes of at least 4 members (excludes halogenated alkanes) is 1. The molecule has 7 nitrogen and oxygen atoms in total. The average Bonchev–Trinajstić information content (AvgIpc) is 3.36. The van der Waals surface area contributed by atoms with E-state index in [0.717, 1.165) is 29.7 Å². The number of rotatable bonds is 8. The molecule has 0 fully saturated rings. The lowest BCUT2D eigenvalue weighted by atomic mass is 9.92. The number of nitrogen functional groups attached to an aromatic ring is 1. The molecule has 0 atom stereocenters. The molecule has 0 spiro atoms. The lowest BCUT2D eigenvalue weighted by Crippen LogP contribution is -2.16. The Morgan fingerprint density at radius 3 is 2.61 bits per heavy atom. The number of benzene rings is 1. The summed E-state index contributed by atoms with van der Waals surface area (Å²) in [6.45, 7) is 11.5. The second-order valence-electron chi connectivity index (χ2n) is 10.4. The van der Waals surface area contributed by atoms with Gasteiger partial charge in [0, 0.05) is 29.0 Å². The van der Waals surface area contributed by atoms with E-state index in [1.165, 1.54) is 12.3 Å². The van der Waals surface area contributed by atoms with Crippen LogP contribution < -0.4 is 11.1 Å². The maximum absolute atomic E-state index is 13.8. The molecule has 0 aliphatic carbocycles. The molecule has 0 aliphatic heterocycles. The van der Waals surface area contributed by atoms with Crippen LogP contribution in [0.5, 0.6) is 0 Å². The third-order valence-corrected chi connectivity index (χ3v) is 6.16. The zero-order chi connectivity index (χ0) is 30.2. The van der Waals surface area contributed by atoms with Crippen molar-refractivity contribution in [2.75, 3.05) is 11.1 Å². The van der Waals surface area contributed by atoms with Gasteiger partial charge in [0.25, 0.3) is 5.91 Å². The molecule has 8 heteroatoms.